The third kappa shape index (κ3) is 5.86. The summed E-state index contributed by atoms with van der Waals surface area (Å²) in [6.45, 7) is 5.64. The fraction of sp³-hybridized carbons (Fsp3) is 0.269. The Kier molecular flexibility index (Phi) is 7.90. The van der Waals surface area contributed by atoms with E-state index in [9.17, 15) is 4.79 Å². The first kappa shape index (κ1) is 21.4. The monoisotopic (exact) mass is 403 g/mol. The van der Waals surface area contributed by atoms with Gasteiger partial charge < -0.3 is 14.8 Å². The van der Waals surface area contributed by atoms with E-state index in [-0.39, 0.29) is 5.91 Å². The average molecular weight is 404 g/mol. The van der Waals surface area contributed by atoms with E-state index in [4.69, 9.17) is 9.47 Å². The van der Waals surface area contributed by atoms with Crippen molar-refractivity contribution >= 4 is 5.91 Å². The fourth-order valence-corrected chi connectivity index (χ4v) is 3.38. The van der Waals surface area contributed by atoms with Gasteiger partial charge in [-0.2, -0.15) is 0 Å². The summed E-state index contributed by atoms with van der Waals surface area (Å²) in [5, 5.41) is 3.05. The number of carbonyl (C=O) groups excluding carboxylic acids is 1. The summed E-state index contributed by atoms with van der Waals surface area (Å²) in [7, 11) is 0. The highest BCUT2D eigenvalue weighted by molar-refractivity contribution is 5.95. The van der Waals surface area contributed by atoms with E-state index in [0.29, 0.717) is 19.8 Å². The summed E-state index contributed by atoms with van der Waals surface area (Å²) >= 11 is 0. The van der Waals surface area contributed by atoms with Gasteiger partial charge in [-0.15, -0.1) is 0 Å². The Morgan fingerprint density at radius 2 is 1.50 bits per heavy atom. The van der Waals surface area contributed by atoms with Crippen LogP contribution in [0.3, 0.4) is 0 Å². The van der Waals surface area contributed by atoms with Gasteiger partial charge in [0.15, 0.2) is 11.5 Å². The van der Waals surface area contributed by atoms with Gasteiger partial charge in [0.05, 0.1) is 13.2 Å². The number of amides is 1. The van der Waals surface area contributed by atoms with Crippen molar-refractivity contribution in [3.05, 3.63) is 95.1 Å². The van der Waals surface area contributed by atoms with Crippen LogP contribution >= 0.6 is 0 Å². The molecule has 1 N–H and O–H groups in total. The minimum Gasteiger partial charge on any atom is -0.490 e. The molecule has 0 heterocycles. The maximum absolute atomic E-state index is 12.8. The van der Waals surface area contributed by atoms with E-state index < -0.39 is 0 Å². The first-order valence-electron chi connectivity index (χ1n) is 10.5. The molecule has 0 bridgehead atoms. The molecule has 0 radical (unpaired) electrons. The standard InChI is InChI=1S/C26H29NO3/c1-3-29-24-15-14-21(19-25(24)30-4-2)16-17-27-26(28)23-13-9-8-12-22(23)18-20-10-6-5-7-11-20/h5-15,19H,3-4,16-18H2,1-2H3,(H,27,28). The van der Waals surface area contributed by atoms with Gasteiger partial charge in [-0.05, 0) is 61.6 Å². The third-order valence-corrected chi connectivity index (χ3v) is 4.81. The lowest BCUT2D eigenvalue weighted by Gasteiger charge is -2.13. The predicted molar refractivity (Wildman–Crippen MR) is 121 cm³/mol. The molecule has 156 valence electrons. The molecular weight excluding hydrogens is 374 g/mol. The Morgan fingerprint density at radius 1 is 0.800 bits per heavy atom. The minimum atomic E-state index is -0.0440. The van der Waals surface area contributed by atoms with Crippen molar-refractivity contribution in [3.8, 4) is 11.5 Å². The Morgan fingerprint density at radius 3 is 2.27 bits per heavy atom. The van der Waals surface area contributed by atoms with Gasteiger partial charge in [-0.3, -0.25) is 4.79 Å². The maximum Gasteiger partial charge on any atom is 0.251 e. The van der Waals surface area contributed by atoms with Crippen LogP contribution in [0.25, 0.3) is 0 Å². The number of hydrogen-bond acceptors (Lipinski definition) is 3. The molecule has 0 atom stereocenters. The van der Waals surface area contributed by atoms with E-state index in [1.54, 1.807) is 0 Å². The Bertz CT molecular complexity index is 954. The van der Waals surface area contributed by atoms with Gasteiger partial charge in [-0.25, -0.2) is 0 Å². The number of nitrogens with one attached hydrogen (secondary N) is 1. The van der Waals surface area contributed by atoms with E-state index >= 15 is 0 Å². The topological polar surface area (TPSA) is 47.6 Å². The second-order valence-electron chi connectivity index (χ2n) is 6.97. The maximum atomic E-state index is 12.8. The normalized spacial score (nSPS) is 10.5. The molecule has 30 heavy (non-hydrogen) atoms. The van der Waals surface area contributed by atoms with Crippen LogP contribution < -0.4 is 14.8 Å². The highest BCUT2D eigenvalue weighted by Crippen LogP contribution is 2.28. The summed E-state index contributed by atoms with van der Waals surface area (Å²) in [5.74, 6) is 1.45. The molecule has 0 saturated carbocycles. The largest absolute Gasteiger partial charge is 0.490 e. The number of carbonyl (C=O) groups is 1. The van der Waals surface area contributed by atoms with Crippen LogP contribution in [0.15, 0.2) is 72.8 Å². The first-order chi connectivity index (χ1) is 14.7. The number of hydrogen-bond donors (Lipinski definition) is 1. The van der Waals surface area contributed by atoms with Crippen LogP contribution in [0.1, 0.15) is 40.9 Å². The molecule has 4 heteroatoms. The van der Waals surface area contributed by atoms with E-state index in [0.717, 1.165) is 41.0 Å². The summed E-state index contributed by atoms with van der Waals surface area (Å²) in [5.41, 5.74) is 4.04. The van der Waals surface area contributed by atoms with E-state index in [1.807, 2.05) is 74.5 Å². The number of ether oxygens (including phenoxy) is 2. The molecule has 0 aromatic heterocycles. The molecule has 0 aliphatic heterocycles. The SMILES string of the molecule is CCOc1ccc(CCNC(=O)c2ccccc2Cc2ccccc2)cc1OCC. The van der Waals surface area contributed by atoms with Gasteiger partial charge in [0, 0.05) is 12.1 Å². The molecule has 0 aliphatic carbocycles. The number of rotatable bonds is 10. The summed E-state index contributed by atoms with van der Waals surface area (Å²) < 4.78 is 11.3. The van der Waals surface area contributed by atoms with Crippen LogP contribution in [0, 0.1) is 0 Å². The first-order valence-corrected chi connectivity index (χ1v) is 10.5. The van der Waals surface area contributed by atoms with Crippen molar-refractivity contribution in [2.24, 2.45) is 0 Å². The van der Waals surface area contributed by atoms with Crippen LogP contribution in [-0.2, 0) is 12.8 Å². The zero-order chi connectivity index (χ0) is 21.2. The molecular formula is C26H29NO3. The molecule has 0 saturated heterocycles. The van der Waals surface area contributed by atoms with Crippen LogP contribution in [0.2, 0.25) is 0 Å². The van der Waals surface area contributed by atoms with Crippen molar-refractivity contribution in [2.75, 3.05) is 19.8 Å². The van der Waals surface area contributed by atoms with Gasteiger partial charge in [-0.1, -0.05) is 54.6 Å². The lowest BCUT2D eigenvalue weighted by atomic mass is 9.99. The van der Waals surface area contributed by atoms with Crippen molar-refractivity contribution < 1.29 is 14.3 Å². The van der Waals surface area contributed by atoms with Crippen molar-refractivity contribution in [3.63, 3.8) is 0 Å². The second-order valence-corrected chi connectivity index (χ2v) is 6.97. The number of benzene rings is 3. The lowest BCUT2D eigenvalue weighted by molar-refractivity contribution is 0.0953. The van der Waals surface area contributed by atoms with E-state index in [1.165, 1.54) is 5.56 Å². The van der Waals surface area contributed by atoms with Gasteiger partial charge in [0.1, 0.15) is 0 Å². The summed E-state index contributed by atoms with van der Waals surface area (Å²) in [4.78, 5) is 12.8. The summed E-state index contributed by atoms with van der Waals surface area (Å²) in [6.07, 6.45) is 1.46. The van der Waals surface area contributed by atoms with Crippen molar-refractivity contribution in [1.82, 2.24) is 5.32 Å². The molecule has 0 unspecified atom stereocenters. The molecule has 0 aliphatic rings. The Balaban J connectivity index is 1.62. The van der Waals surface area contributed by atoms with Crippen LogP contribution in [0.4, 0.5) is 0 Å². The zero-order valence-electron chi connectivity index (χ0n) is 17.7. The van der Waals surface area contributed by atoms with Crippen LogP contribution in [-0.4, -0.2) is 25.7 Å². The summed E-state index contributed by atoms with van der Waals surface area (Å²) in [6, 6.07) is 23.9. The van der Waals surface area contributed by atoms with Crippen molar-refractivity contribution in [1.29, 1.82) is 0 Å². The average Bonchev–Trinajstić information content (AvgIpc) is 2.77. The molecule has 3 rings (SSSR count). The zero-order valence-corrected chi connectivity index (χ0v) is 17.7. The fourth-order valence-electron chi connectivity index (χ4n) is 3.38. The Hall–Kier alpha value is -3.27. The van der Waals surface area contributed by atoms with Crippen molar-refractivity contribution in [2.45, 2.75) is 26.7 Å². The molecule has 3 aromatic rings. The highest BCUT2D eigenvalue weighted by Gasteiger charge is 2.11. The second kappa shape index (κ2) is 11.1. The quantitative estimate of drug-likeness (QED) is 0.515. The molecule has 0 spiro atoms. The molecule has 4 nitrogen and oxygen atoms in total. The predicted octanol–water partition coefficient (Wildman–Crippen LogP) is 5.05. The smallest absolute Gasteiger partial charge is 0.251 e. The third-order valence-electron chi connectivity index (χ3n) is 4.81. The molecule has 1 amide bonds. The van der Waals surface area contributed by atoms with Gasteiger partial charge >= 0.3 is 0 Å². The molecule has 0 fully saturated rings. The van der Waals surface area contributed by atoms with E-state index in [2.05, 4.69) is 17.4 Å². The minimum absolute atomic E-state index is 0.0440. The molecule has 3 aromatic carbocycles. The highest BCUT2D eigenvalue weighted by atomic mass is 16.5. The lowest BCUT2D eigenvalue weighted by Crippen LogP contribution is -2.26. The van der Waals surface area contributed by atoms with Gasteiger partial charge in [0.25, 0.3) is 5.91 Å². The Labute approximate surface area is 178 Å². The van der Waals surface area contributed by atoms with Gasteiger partial charge in [0.2, 0.25) is 0 Å². The van der Waals surface area contributed by atoms with Crippen LogP contribution in [0.5, 0.6) is 11.5 Å².